The fourth-order valence-corrected chi connectivity index (χ4v) is 3.92. The molecule has 0 aromatic heterocycles. The van der Waals surface area contributed by atoms with E-state index >= 15 is 0 Å². The molecule has 1 amide bonds. The molecule has 0 radical (unpaired) electrons. The summed E-state index contributed by atoms with van der Waals surface area (Å²) in [6, 6.07) is 8.83. The number of phenols is 1. The van der Waals surface area contributed by atoms with Gasteiger partial charge in [-0.1, -0.05) is 24.6 Å². The van der Waals surface area contributed by atoms with Crippen molar-refractivity contribution in [3.05, 3.63) is 63.7 Å². The predicted octanol–water partition coefficient (Wildman–Crippen LogP) is 4.97. The van der Waals surface area contributed by atoms with Gasteiger partial charge in [0.1, 0.15) is 17.3 Å². The summed E-state index contributed by atoms with van der Waals surface area (Å²) in [4.78, 5) is 27.1. The van der Waals surface area contributed by atoms with Gasteiger partial charge in [-0.2, -0.15) is 0 Å². The average Bonchev–Trinajstić information content (AvgIpc) is 2.96. The van der Waals surface area contributed by atoms with E-state index in [-0.39, 0.29) is 28.2 Å². The SMILES string of the molecule is CCCN1C(=O)C(=O)/C(=C(\O)c2ccc(OC(C)C)c(C)c2)C1c1ccc(O)c(Cl)c1. The van der Waals surface area contributed by atoms with E-state index in [1.54, 1.807) is 24.3 Å². The molecule has 0 spiro atoms. The molecule has 1 aliphatic heterocycles. The van der Waals surface area contributed by atoms with Gasteiger partial charge in [0.05, 0.1) is 22.7 Å². The van der Waals surface area contributed by atoms with Gasteiger partial charge in [-0.15, -0.1) is 0 Å². The van der Waals surface area contributed by atoms with Crippen molar-refractivity contribution < 1.29 is 24.5 Å². The van der Waals surface area contributed by atoms with E-state index in [0.29, 0.717) is 29.8 Å². The fourth-order valence-electron chi connectivity index (χ4n) is 3.73. The second-order valence-corrected chi connectivity index (χ2v) is 8.26. The van der Waals surface area contributed by atoms with Crippen molar-refractivity contribution in [3.63, 3.8) is 0 Å². The molecule has 7 heteroatoms. The Morgan fingerprint density at radius 1 is 1.19 bits per heavy atom. The first kappa shape index (κ1) is 22.7. The number of hydrogen-bond donors (Lipinski definition) is 2. The summed E-state index contributed by atoms with van der Waals surface area (Å²) < 4.78 is 5.74. The van der Waals surface area contributed by atoms with Gasteiger partial charge in [0.2, 0.25) is 0 Å². The topological polar surface area (TPSA) is 87.1 Å². The molecule has 0 aliphatic carbocycles. The number of hydrogen-bond acceptors (Lipinski definition) is 5. The van der Waals surface area contributed by atoms with Crippen molar-refractivity contribution in [2.45, 2.75) is 46.3 Å². The number of aliphatic hydroxyl groups is 1. The minimum atomic E-state index is -0.801. The van der Waals surface area contributed by atoms with Crippen LogP contribution in [0.3, 0.4) is 0 Å². The number of nitrogens with zero attached hydrogens (tertiary/aromatic N) is 1. The van der Waals surface area contributed by atoms with Crippen LogP contribution in [0.25, 0.3) is 5.76 Å². The Labute approximate surface area is 186 Å². The minimum Gasteiger partial charge on any atom is -0.507 e. The molecule has 2 N–H and O–H groups in total. The quantitative estimate of drug-likeness (QED) is 0.374. The molecule has 2 aromatic carbocycles. The van der Waals surface area contributed by atoms with E-state index < -0.39 is 17.7 Å². The highest BCUT2D eigenvalue weighted by atomic mass is 35.5. The number of likely N-dealkylation sites (tertiary alicyclic amines) is 1. The monoisotopic (exact) mass is 443 g/mol. The third kappa shape index (κ3) is 4.39. The summed E-state index contributed by atoms with van der Waals surface area (Å²) >= 11 is 6.08. The van der Waals surface area contributed by atoms with Crippen molar-refractivity contribution in [2.75, 3.05) is 6.54 Å². The lowest BCUT2D eigenvalue weighted by molar-refractivity contribution is -0.139. The van der Waals surface area contributed by atoms with Gasteiger partial charge in [0.25, 0.3) is 11.7 Å². The van der Waals surface area contributed by atoms with E-state index in [0.717, 1.165) is 5.56 Å². The summed E-state index contributed by atoms with van der Waals surface area (Å²) in [7, 11) is 0. The first-order valence-electron chi connectivity index (χ1n) is 10.2. The van der Waals surface area contributed by atoms with Crippen LogP contribution in [0.1, 0.15) is 49.9 Å². The van der Waals surface area contributed by atoms with Gasteiger partial charge in [-0.05, 0) is 68.7 Å². The lowest BCUT2D eigenvalue weighted by Crippen LogP contribution is -2.30. The number of Topliss-reactive ketones (excluding diaryl/α,β-unsaturated/α-hetero) is 1. The smallest absolute Gasteiger partial charge is 0.295 e. The number of aliphatic hydroxyl groups excluding tert-OH is 1. The maximum absolute atomic E-state index is 12.9. The molecule has 1 saturated heterocycles. The maximum atomic E-state index is 12.9. The lowest BCUT2D eigenvalue weighted by Gasteiger charge is -2.25. The van der Waals surface area contributed by atoms with Crippen molar-refractivity contribution in [3.8, 4) is 11.5 Å². The summed E-state index contributed by atoms with van der Waals surface area (Å²) in [5.74, 6) is -1.10. The third-order valence-corrected chi connectivity index (χ3v) is 5.41. The zero-order chi connectivity index (χ0) is 22.9. The zero-order valence-electron chi connectivity index (χ0n) is 18.0. The number of phenolic OH excluding ortho intramolecular Hbond substituents is 1. The summed E-state index contributed by atoms with van der Waals surface area (Å²) in [5, 5.41) is 21.0. The van der Waals surface area contributed by atoms with E-state index in [9.17, 15) is 19.8 Å². The van der Waals surface area contributed by atoms with Gasteiger partial charge in [-0.25, -0.2) is 0 Å². The van der Waals surface area contributed by atoms with E-state index in [1.165, 1.54) is 17.0 Å². The largest absolute Gasteiger partial charge is 0.507 e. The normalized spacial score (nSPS) is 18.1. The highest BCUT2D eigenvalue weighted by Gasteiger charge is 2.45. The molecule has 0 saturated carbocycles. The molecule has 3 rings (SSSR count). The first-order valence-corrected chi connectivity index (χ1v) is 10.6. The molecule has 1 heterocycles. The molecule has 164 valence electrons. The molecule has 2 aromatic rings. The molecular weight excluding hydrogens is 418 g/mol. The Morgan fingerprint density at radius 2 is 1.90 bits per heavy atom. The van der Waals surface area contributed by atoms with Crippen LogP contribution < -0.4 is 4.74 Å². The number of carbonyl (C=O) groups excluding carboxylic acids is 2. The van der Waals surface area contributed by atoms with Crippen LogP contribution in [0.5, 0.6) is 11.5 Å². The predicted molar refractivity (Wildman–Crippen MR) is 119 cm³/mol. The number of rotatable bonds is 6. The Bertz CT molecular complexity index is 1060. The summed E-state index contributed by atoms with van der Waals surface area (Å²) in [6.07, 6.45) is 0.632. The summed E-state index contributed by atoms with van der Waals surface area (Å²) in [5.41, 5.74) is 1.74. The third-order valence-electron chi connectivity index (χ3n) is 5.10. The second kappa shape index (κ2) is 9.02. The fraction of sp³-hybridized carbons (Fsp3) is 0.333. The number of carbonyl (C=O) groups is 2. The minimum absolute atomic E-state index is 0.00265. The summed E-state index contributed by atoms with van der Waals surface area (Å²) in [6.45, 7) is 7.93. The standard InChI is InChI=1S/C24H26ClNO5/c1-5-10-26-21(15-6-8-18(27)17(25)12-15)20(23(29)24(26)30)22(28)16-7-9-19(14(4)11-16)31-13(2)3/h6-9,11-13,21,27-28H,5,10H2,1-4H3/b22-20-. The molecule has 1 fully saturated rings. The Morgan fingerprint density at radius 3 is 2.48 bits per heavy atom. The van der Waals surface area contributed by atoms with E-state index in [2.05, 4.69) is 0 Å². The molecule has 31 heavy (non-hydrogen) atoms. The van der Waals surface area contributed by atoms with Gasteiger partial charge < -0.3 is 19.8 Å². The van der Waals surface area contributed by atoms with Crippen LogP contribution in [0, 0.1) is 6.92 Å². The molecule has 6 nitrogen and oxygen atoms in total. The van der Waals surface area contributed by atoms with E-state index in [1.807, 2.05) is 27.7 Å². The molecular formula is C24H26ClNO5. The number of amides is 1. The maximum Gasteiger partial charge on any atom is 0.295 e. The van der Waals surface area contributed by atoms with Crippen LogP contribution in [0.4, 0.5) is 0 Å². The number of ketones is 1. The first-order chi connectivity index (χ1) is 14.6. The Hall–Kier alpha value is -2.99. The number of aryl methyl sites for hydroxylation is 1. The van der Waals surface area contributed by atoms with Crippen LogP contribution >= 0.6 is 11.6 Å². The van der Waals surface area contributed by atoms with Gasteiger partial charge in [-0.3, -0.25) is 9.59 Å². The van der Waals surface area contributed by atoms with Gasteiger partial charge in [0, 0.05) is 12.1 Å². The number of benzene rings is 2. The van der Waals surface area contributed by atoms with Gasteiger partial charge >= 0.3 is 0 Å². The van der Waals surface area contributed by atoms with Crippen LogP contribution in [-0.4, -0.2) is 39.5 Å². The van der Waals surface area contributed by atoms with Crippen LogP contribution in [0.15, 0.2) is 42.0 Å². The Balaban J connectivity index is 2.15. The molecule has 0 bridgehead atoms. The highest BCUT2D eigenvalue weighted by molar-refractivity contribution is 6.46. The number of ether oxygens (including phenoxy) is 1. The Kier molecular flexibility index (Phi) is 6.60. The molecule has 1 unspecified atom stereocenters. The number of aromatic hydroxyl groups is 1. The molecule has 1 atom stereocenters. The van der Waals surface area contributed by atoms with Crippen molar-refractivity contribution in [2.24, 2.45) is 0 Å². The van der Waals surface area contributed by atoms with Gasteiger partial charge in [0.15, 0.2) is 0 Å². The zero-order valence-corrected chi connectivity index (χ0v) is 18.7. The molecule has 1 aliphatic rings. The second-order valence-electron chi connectivity index (χ2n) is 7.85. The average molecular weight is 444 g/mol. The van der Waals surface area contributed by atoms with E-state index in [4.69, 9.17) is 16.3 Å². The van der Waals surface area contributed by atoms with Crippen LogP contribution in [-0.2, 0) is 9.59 Å². The number of halogens is 1. The van der Waals surface area contributed by atoms with Crippen molar-refractivity contribution in [1.82, 2.24) is 4.90 Å². The van der Waals surface area contributed by atoms with Crippen molar-refractivity contribution >= 4 is 29.1 Å². The lowest BCUT2D eigenvalue weighted by atomic mass is 9.94. The highest BCUT2D eigenvalue weighted by Crippen LogP contribution is 2.41. The van der Waals surface area contributed by atoms with Crippen molar-refractivity contribution in [1.29, 1.82) is 0 Å². The van der Waals surface area contributed by atoms with Crippen LogP contribution in [0.2, 0.25) is 5.02 Å².